The van der Waals surface area contributed by atoms with Gasteiger partial charge in [0.2, 0.25) is 11.8 Å². The maximum atomic E-state index is 14.6. The van der Waals surface area contributed by atoms with E-state index in [-0.39, 0.29) is 44.0 Å². The van der Waals surface area contributed by atoms with E-state index in [1.807, 2.05) is 26.0 Å². The Labute approximate surface area is 399 Å². The molecule has 14 nitrogen and oxygen atoms in total. The van der Waals surface area contributed by atoms with Crippen LogP contribution in [-0.2, 0) is 29.3 Å². The van der Waals surface area contributed by atoms with Crippen LogP contribution in [0.1, 0.15) is 68.8 Å². The van der Waals surface area contributed by atoms with Crippen molar-refractivity contribution in [1.29, 1.82) is 0 Å². The van der Waals surface area contributed by atoms with E-state index in [9.17, 15) is 50.6 Å². The average Bonchev–Trinajstić information content (AvgIpc) is 3.27. The molecule has 0 fully saturated rings. The largest absolute Gasteiger partial charge is 0.506 e. The molecule has 6 rings (SSSR count). The molecule has 0 saturated heterocycles. The average molecular weight is 986 g/mol. The number of hydrogen-bond acceptors (Lipinski definition) is 10. The molecule has 6 N–H and O–H groups in total. The molecule has 0 aliphatic heterocycles. The third kappa shape index (κ3) is 12.7. The van der Waals surface area contributed by atoms with Gasteiger partial charge in [0.25, 0.3) is 11.8 Å². The fraction of sp³-hybridized carbons (Fsp3) is 0.200. The number of aromatic hydroxyl groups is 2. The molecule has 4 amide bonds. The van der Waals surface area contributed by atoms with E-state index >= 15 is 0 Å². The van der Waals surface area contributed by atoms with Gasteiger partial charge in [0, 0.05) is 29.3 Å². The molecule has 0 aliphatic carbocycles. The summed E-state index contributed by atoms with van der Waals surface area (Å²) < 4.78 is 66.4. The first kappa shape index (κ1) is 51.9. The molecule has 18 heteroatoms. The number of phenols is 2. The second kappa shape index (κ2) is 21.7. The third-order valence-electron chi connectivity index (χ3n) is 10.5. The Balaban J connectivity index is 0.000000255. The highest BCUT2D eigenvalue weighted by molar-refractivity contribution is 7.93. The van der Waals surface area contributed by atoms with Gasteiger partial charge in [0.15, 0.2) is 19.7 Å². The van der Waals surface area contributed by atoms with Crippen LogP contribution in [0.3, 0.4) is 0 Å². The first-order valence-corrected chi connectivity index (χ1v) is 24.4. The van der Waals surface area contributed by atoms with Gasteiger partial charge in [-0.2, -0.15) is 0 Å². The Morgan fingerprint density at radius 3 is 1.62 bits per heavy atom. The smallest absolute Gasteiger partial charge is 0.255 e. The Morgan fingerprint density at radius 1 is 0.544 bits per heavy atom. The van der Waals surface area contributed by atoms with E-state index in [1.165, 1.54) is 43.3 Å². The molecule has 0 heterocycles. The number of aryl methyl sites for hydroxylation is 5. The molecule has 0 aliphatic rings. The number of nitrogens with one attached hydrogen (secondary N) is 4. The number of phenolic OH excluding ortho intramolecular Hbond substituents is 2. The molecule has 0 saturated carbocycles. The Kier molecular flexibility index (Phi) is 16.6. The van der Waals surface area contributed by atoms with Crippen LogP contribution in [0, 0.1) is 40.4 Å². The second-order valence-electron chi connectivity index (χ2n) is 16.1. The van der Waals surface area contributed by atoms with Crippen molar-refractivity contribution in [1.82, 2.24) is 0 Å². The van der Waals surface area contributed by atoms with E-state index < -0.39 is 71.1 Å². The molecule has 0 bridgehead atoms. The van der Waals surface area contributed by atoms with Crippen LogP contribution in [0.4, 0.5) is 27.1 Å². The minimum atomic E-state index is -4.01. The lowest BCUT2D eigenvalue weighted by Crippen LogP contribution is -2.35. The van der Waals surface area contributed by atoms with Gasteiger partial charge in [0.1, 0.15) is 27.8 Å². The molecule has 0 aromatic heterocycles. The molecular weight excluding hydrogens is 935 g/mol. The van der Waals surface area contributed by atoms with Gasteiger partial charge in [-0.15, -0.1) is 0 Å². The normalized spacial score (nSPS) is 12.1. The molecule has 2 unspecified atom stereocenters. The summed E-state index contributed by atoms with van der Waals surface area (Å²) in [6.07, 6.45) is 0.0372. The highest BCUT2D eigenvalue weighted by Crippen LogP contribution is 2.35. The van der Waals surface area contributed by atoms with E-state index in [2.05, 4.69) is 21.3 Å². The number of benzene rings is 6. The van der Waals surface area contributed by atoms with Gasteiger partial charge < -0.3 is 31.5 Å². The lowest BCUT2D eigenvalue weighted by molar-refractivity contribution is -0.116. The first-order valence-electron chi connectivity index (χ1n) is 21.0. The van der Waals surface area contributed by atoms with Gasteiger partial charge in [-0.05, 0) is 114 Å². The summed E-state index contributed by atoms with van der Waals surface area (Å²) in [6.45, 7) is 11.9. The van der Waals surface area contributed by atoms with Crippen molar-refractivity contribution in [2.24, 2.45) is 0 Å². The van der Waals surface area contributed by atoms with Crippen LogP contribution in [0.5, 0.6) is 11.5 Å². The van der Waals surface area contributed by atoms with Crippen molar-refractivity contribution in [2.45, 2.75) is 75.2 Å². The van der Waals surface area contributed by atoms with Crippen molar-refractivity contribution >= 4 is 77.7 Å². The van der Waals surface area contributed by atoms with Crippen molar-refractivity contribution in [3.8, 4) is 11.5 Å². The number of sulfone groups is 2. The molecule has 0 spiro atoms. The van der Waals surface area contributed by atoms with E-state index in [1.54, 1.807) is 82.3 Å². The van der Waals surface area contributed by atoms with Crippen LogP contribution in [0.25, 0.3) is 0 Å². The lowest BCUT2D eigenvalue weighted by atomic mass is 10.1. The fourth-order valence-electron chi connectivity index (χ4n) is 6.72. The number of carbonyl (C=O) groups is 4. The molecule has 2 atom stereocenters. The number of hydrogen-bond donors (Lipinski definition) is 6. The predicted octanol–water partition coefficient (Wildman–Crippen LogP) is 9.62. The molecule has 68 heavy (non-hydrogen) atoms. The summed E-state index contributed by atoms with van der Waals surface area (Å²) in [6, 6.07) is 28.7. The third-order valence-corrected chi connectivity index (χ3v) is 15.1. The van der Waals surface area contributed by atoms with Crippen LogP contribution < -0.4 is 21.3 Å². The lowest BCUT2D eigenvalue weighted by Gasteiger charge is -2.18. The second-order valence-corrected chi connectivity index (χ2v) is 20.9. The first-order chi connectivity index (χ1) is 31.9. The van der Waals surface area contributed by atoms with E-state index in [4.69, 9.17) is 11.6 Å². The maximum absolute atomic E-state index is 14.6. The van der Waals surface area contributed by atoms with Gasteiger partial charge in [-0.1, -0.05) is 77.7 Å². The summed E-state index contributed by atoms with van der Waals surface area (Å²) in [5.74, 6) is -4.53. The van der Waals surface area contributed by atoms with E-state index in [0.717, 1.165) is 39.9 Å². The standard InChI is InChI=1S/C26H27ClN2O5S.C24H23FN2O5S/c1-5-24(35(33,34)19-11-16(3)10-17(4)12-19)26(32)28-21-14-23(30)22(13-20(21)27)29-25(31)18-8-6-15(2)7-9-18;1-14-7-9-18(10-8-14)33(31,32)16(3)23(29)26-20-13-22(28)21(12-19(20)25)27-24(30)17-6-4-5-15(2)11-17/h6-14,24,30H,5H2,1-4H3,(H,28,32)(H,29,31);4-13,16,28H,1-3H3,(H,26,29)(H,27,30). The number of halogens is 2. The quantitative estimate of drug-likeness (QED) is 0.0601. The van der Waals surface area contributed by atoms with E-state index in [0.29, 0.717) is 11.1 Å². The van der Waals surface area contributed by atoms with Crippen molar-refractivity contribution in [3.63, 3.8) is 0 Å². The molecule has 0 radical (unpaired) electrons. The monoisotopic (exact) mass is 984 g/mol. The zero-order valence-corrected chi connectivity index (χ0v) is 40.5. The van der Waals surface area contributed by atoms with Crippen molar-refractivity contribution in [2.75, 3.05) is 21.3 Å². The SMILES string of the molecule is CCC(C(=O)Nc1cc(O)c(NC(=O)c2ccc(C)cc2)cc1Cl)S(=O)(=O)c1cc(C)cc(C)c1.Cc1ccc(S(=O)(=O)C(C)C(=O)Nc2cc(O)c(NC(=O)c3cccc(C)c3)cc2F)cc1. The number of rotatable bonds is 13. The highest BCUT2D eigenvalue weighted by Gasteiger charge is 2.34. The summed E-state index contributed by atoms with van der Waals surface area (Å²) in [7, 11) is -7.98. The van der Waals surface area contributed by atoms with Crippen LogP contribution in [-0.4, -0.2) is 61.2 Å². The minimum absolute atomic E-state index is 0.0222. The molecule has 6 aromatic carbocycles. The van der Waals surface area contributed by atoms with Crippen molar-refractivity contribution < 1.29 is 50.6 Å². The zero-order chi connectivity index (χ0) is 50.2. The Morgan fingerprint density at radius 2 is 1.06 bits per heavy atom. The van der Waals surface area contributed by atoms with Gasteiger partial charge in [-0.25, -0.2) is 21.2 Å². The van der Waals surface area contributed by atoms with Crippen LogP contribution in [0.2, 0.25) is 5.02 Å². The Bertz CT molecular complexity index is 3110. The number of carbonyl (C=O) groups excluding carboxylic acids is 4. The maximum Gasteiger partial charge on any atom is 0.255 e. The number of anilines is 4. The minimum Gasteiger partial charge on any atom is -0.506 e. The summed E-state index contributed by atoms with van der Waals surface area (Å²) in [5.41, 5.74) is 4.43. The molecule has 356 valence electrons. The van der Waals surface area contributed by atoms with Gasteiger partial charge in [0.05, 0.1) is 37.6 Å². The van der Waals surface area contributed by atoms with Gasteiger partial charge >= 0.3 is 0 Å². The Hall–Kier alpha value is -7.08. The fourth-order valence-corrected chi connectivity index (χ4v) is 10.0. The van der Waals surface area contributed by atoms with Crippen molar-refractivity contribution in [3.05, 3.63) is 165 Å². The topological polar surface area (TPSA) is 225 Å². The summed E-state index contributed by atoms with van der Waals surface area (Å²) in [5, 5.41) is 27.5. The zero-order valence-electron chi connectivity index (χ0n) is 38.1. The predicted molar refractivity (Wildman–Crippen MR) is 262 cm³/mol. The van der Waals surface area contributed by atoms with Crippen LogP contribution in [0.15, 0.2) is 125 Å². The highest BCUT2D eigenvalue weighted by atomic mass is 35.5. The molecule has 6 aromatic rings. The summed E-state index contributed by atoms with van der Waals surface area (Å²) in [4.78, 5) is 50.4. The van der Waals surface area contributed by atoms with Crippen LogP contribution >= 0.6 is 11.6 Å². The number of amides is 4. The summed E-state index contributed by atoms with van der Waals surface area (Å²) >= 11 is 6.29. The van der Waals surface area contributed by atoms with Gasteiger partial charge in [-0.3, -0.25) is 19.2 Å². The molecular formula is C50H50ClFN4O10S2.